The SMILES string of the molecule is C=C(C)C(=O)OCc1ccc(OCC2CO2)c(OC)c1.CCC(C)(C)C(=O)OCc1ccc(OCC2CO2)c(OC)c1.[2HH]. The smallest absolute Gasteiger partial charge is 0.333 e. The van der Waals surface area contributed by atoms with Gasteiger partial charge >= 0.3 is 11.9 Å². The Morgan fingerprint density at radius 3 is 1.69 bits per heavy atom. The summed E-state index contributed by atoms with van der Waals surface area (Å²) in [6, 6.07) is 10.9. The maximum absolute atomic E-state index is 12.0. The zero-order valence-corrected chi connectivity index (χ0v) is 25.4. The zero-order chi connectivity index (χ0) is 30.7. The summed E-state index contributed by atoms with van der Waals surface area (Å²) in [5.41, 5.74) is 1.61. The molecule has 2 aliphatic rings. The highest BCUT2D eigenvalue weighted by atomic mass is 16.6. The van der Waals surface area contributed by atoms with Crippen LogP contribution >= 0.6 is 0 Å². The monoisotopic (exact) mass is 589 g/mol. The second kappa shape index (κ2) is 15.5. The molecule has 0 bridgehead atoms. The van der Waals surface area contributed by atoms with Crippen molar-refractivity contribution in [3.05, 3.63) is 59.7 Å². The lowest BCUT2D eigenvalue weighted by molar-refractivity contribution is -0.155. The molecule has 0 amide bonds. The second-order valence-electron chi connectivity index (χ2n) is 10.7. The molecule has 0 aromatic heterocycles. The Hall–Kier alpha value is -3.76. The number of esters is 2. The van der Waals surface area contributed by atoms with Gasteiger partial charge in [0, 0.05) is 7.00 Å². The first kappa shape index (κ1) is 32.8. The zero-order valence-electron chi connectivity index (χ0n) is 25.4. The third kappa shape index (κ3) is 10.6. The molecule has 2 unspecified atom stereocenters. The molecule has 2 aliphatic heterocycles. The Morgan fingerprint density at radius 1 is 0.857 bits per heavy atom. The number of methoxy groups -OCH3 is 2. The molecule has 0 saturated carbocycles. The average Bonchev–Trinajstić information content (AvgIpc) is 3.92. The van der Waals surface area contributed by atoms with E-state index in [0.717, 1.165) is 30.8 Å². The molecule has 232 valence electrons. The first-order valence-electron chi connectivity index (χ1n) is 13.9. The molecule has 4 rings (SSSR count). The van der Waals surface area contributed by atoms with Crippen LogP contribution in [-0.2, 0) is 41.8 Å². The third-order valence-electron chi connectivity index (χ3n) is 6.64. The van der Waals surface area contributed by atoms with Crippen molar-refractivity contribution >= 4 is 11.9 Å². The fourth-order valence-electron chi connectivity index (χ4n) is 3.30. The van der Waals surface area contributed by atoms with E-state index in [-0.39, 0.29) is 32.8 Å². The van der Waals surface area contributed by atoms with Gasteiger partial charge in [0.1, 0.15) is 38.6 Å². The standard InChI is InChI=1S/C17H24O5.C15H18O5.H2/c1-5-17(2,3)16(18)22-9-12-6-7-14(15(8-12)19-4)21-11-13-10-20-13;1-10(2)15(16)20-7-11-4-5-13(14(6-11)17-3)19-9-12-8-18-12;/h6-8,13H,5,9-11H2,1-4H3;4-6,12H,1,7-9H2,2-3H3;1H/i;;1+1. The van der Waals surface area contributed by atoms with Crippen LogP contribution in [0.5, 0.6) is 23.0 Å². The summed E-state index contributed by atoms with van der Waals surface area (Å²) in [5.74, 6) is 1.95. The van der Waals surface area contributed by atoms with Gasteiger partial charge in [-0.1, -0.05) is 25.6 Å². The molecule has 2 aromatic carbocycles. The average molecular weight is 590 g/mol. The van der Waals surface area contributed by atoms with Gasteiger partial charge in [-0.2, -0.15) is 0 Å². The van der Waals surface area contributed by atoms with Gasteiger partial charge in [0.05, 0.1) is 32.8 Å². The number of carbonyl (C=O) groups excluding carboxylic acids is 2. The lowest BCUT2D eigenvalue weighted by atomic mass is 9.91. The van der Waals surface area contributed by atoms with Crippen LogP contribution in [0.2, 0.25) is 0 Å². The largest absolute Gasteiger partial charge is 0.493 e. The molecule has 2 saturated heterocycles. The number of benzene rings is 2. The second-order valence-corrected chi connectivity index (χ2v) is 10.7. The van der Waals surface area contributed by atoms with Crippen LogP contribution in [0.3, 0.4) is 0 Å². The lowest BCUT2D eigenvalue weighted by Crippen LogP contribution is -2.25. The van der Waals surface area contributed by atoms with Gasteiger partial charge in [0.25, 0.3) is 0 Å². The van der Waals surface area contributed by atoms with E-state index in [1.807, 2.05) is 45.0 Å². The van der Waals surface area contributed by atoms with Crippen molar-refractivity contribution in [2.75, 3.05) is 40.6 Å². The Bertz CT molecular complexity index is 1220. The summed E-state index contributed by atoms with van der Waals surface area (Å²) in [5, 5.41) is 0. The van der Waals surface area contributed by atoms with Gasteiger partial charge in [0.2, 0.25) is 0 Å². The summed E-state index contributed by atoms with van der Waals surface area (Å²) in [6.45, 7) is 13.8. The number of epoxide rings is 2. The molecule has 2 aromatic rings. The van der Waals surface area contributed by atoms with E-state index in [4.69, 9.17) is 37.9 Å². The predicted octanol–water partition coefficient (Wildman–Crippen LogP) is 5.29. The highest BCUT2D eigenvalue weighted by Crippen LogP contribution is 2.31. The predicted molar refractivity (Wildman–Crippen MR) is 157 cm³/mol. The first-order valence-corrected chi connectivity index (χ1v) is 13.9. The van der Waals surface area contributed by atoms with E-state index in [2.05, 4.69) is 6.58 Å². The molecule has 10 heteroatoms. The van der Waals surface area contributed by atoms with Gasteiger partial charge in [0.15, 0.2) is 23.0 Å². The molecular weight excluding hydrogens is 544 g/mol. The van der Waals surface area contributed by atoms with E-state index in [0.29, 0.717) is 41.8 Å². The first-order chi connectivity index (χ1) is 20.1. The van der Waals surface area contributed by atoms with Crippen molar-refractivity contribution in [2.24, 2.45) is 5.41 Å². The normalized spacial score (nSPS) is 16.7. The quantitative estimate of drug-likeness (QED) is 0.154. The van der Waals surface area contributed by atoms with Gasteiger partial charge in [-0.15, -0.1) is 0 Å². The molecule has 2 fully saturated rings. The molecule has 2 atom stereocenters. The van der Waals surface area contributed by atoms with Gasteiger partial charge in [-0.3, -0.25) is 4.79 Å². The van der Waals surface area contributed by atoms with Crippen LogP contribution in [-0.4, -0.2) is 64.8 Å². The highest BCUT2D eigenvalue weighted by molar-refractivity contribution is 5.86. The van der Waals surface area contributed by atoms with Gasteiger partial charge < -0.3 is 37.9 Å². The molecule has 42 heavy (non-hydrogen) atoms. The summed E-state index contributed by atoms with van der Waals surface area (Å²) < 4.78 is 42.5. The number of hydrogen-bond donors (Lipinski definition) is 0. The lowest BCUT2D eigenvalue weighted by Gasteiger charge is -2.20. The van der Waals surface area contributed by atoms with E-state index >= 15 is 0 Å². The van der Waals surface area contributed by atoms with E-state index in [1.54, 1.807) is 33.3 Å². The number of hydrogen-bond acceptors (Lipinski definition) is 10. The minimum absolute atomic E-state index is 0. The fraction of sp³-hybridized carbons (Fsp3) is 0.500. The van der Waals surface area contributed by atoms with Gasteiger partial charge in [-0.05, 0) is 62.6 Å². The van der Waals surface area contributed by atoms with Crippen LogP contribution in [0.4, 0.5) is 0 Å². The minimum atomic E-state index is -0.461. The highest BCUT2D eigenvalue weighted by Gasteiger charge is 2.27. The van der Waals surface area contributed by atoms with Crippen LogP contribution in [0.1, 0.15) is 46.7 Å². The van der Waals surface area contributed by atoms with Gasteiger partial charge in [-0.25, -0.2) is 4.79 Å². The molecule has 2 heterocycles. The van der Waals surface area contributed by atoms with Crippen molar-refractivity contribution in [3.63, 3.8) is 0 Å². The van der Waals surface area contributed by atoms with E-state index in [1.165, 1.54) is 0 Å². The number of rotatable bonds is 15. The summed E-state index contributed by atoms with van der Waals surface area (Å²) in [6.07, 6.45) is 1.13. The van der Waals surface area contributed by atoms with Crippen molar-refractivity contribution in [1.82, 2.24) is 0 Å². The Kier molecular flexibility index (Phi) is 12.1. The van der Waals surface area contributed by atoms with Crippen LogP contribution in [0, 0.1) is 5.41 Å². The fourth-order valence-corrected chi connectivity index (χ4v) is 3.30. The molecule has 10 nitrogen and oxygen atoms in total. The van der Waals surface area contributed by atoms with Crippen molar-refractivity contribution in [3.8, 4) is 23.0 Å². The van der Waals surface area contributed by atoms with Crippen LogP contribution < -0.4 is 18.9 Å². The molecule has 0 N–H and O–H groups in total. The Morgan fingerprint density at radius 2 is 1.31 bits per heavy atom. The van der Waals surface area contributed by atoms with Crippen molar-refractivity contribution in [1.29, 1.82) is 0 Å². The third-order valence-corrected chi connectivity index (χ3v) is 6.64. The Balaban J connectivity index is 0.000000295. The minimum Gasteiger partial charge on any atom is -0.493 e. The van der Waals surface area contributed by atoms with Crippen LogP contribution in [0.15, 0.2) is 48.6 Å². The maximum atomic E-state index is 12.0. The molecule has 0 spiro atoms. The topological polar surface area (TPSA) is 115 Å². The summed E-state index contributed by atoms with van der Waals surface area (Å²) >= 11 is 0. The van der Waals surface area contributed by atoms with E-state index < -0.39 is 11.4 Å². The summed E-state index contributed by atoms with van der Waals surface area (Å²) in [7, 11) is 3.16. The van der Waals surface area contributed by atoms with Crippen LogP contribution in [0.25, 0.3) is 0 Å². The molecule has 0 radical (unpaired) electrons. The number of carbonyl (C=O) groups is 2. The molecular formula is C32H44O10. The van der Waals surface area contributed by atoms with Crippen molar-refractivity contribution < 1.29 is 48.9 Å². The Labute approximate surface area is 249 Å². The maximum Gasteiger partial charge on any atom is 0.333 e. The van der Waals surface area contributed by atoms with Crippen molar-refractivity contribution in [2.45, 2.75) is 59.5 Å². The molecule has 0 aliphatic carbocycles. The summed E-state index contributed by atoms with van der Waals surface area (Å²) in [4.78, 5) is 23.3. The number of ether oxygens (including phenoxy) is 8. The van der Waals surface area contributed by atoms with E-state index in [9.17, 15) is 9.59 Å².